The van der Waals surface area contributed by atoms with E-state index in [0.717, 1.165) is 18.8 Å². The van der Waals surface area contributed by atoms with Crippen molar-refractivity contribution in [2.24, 2.45) is 0 Å². The molecule has 0 fully saturated rings. The SMILES string of the molecule is CCNC(COC)Cc1nc(CC)no1. The van der Waals surface area contributed by atoms with Gasteiger partial charge in [-0.3, -0.25) is 0 Å². The van der Waals surface area contributed by atoms with E-state index in [1.54, 1.807) is 7.11 Å². The van der Waals surface area contributed by atoms with Crippen molar-refractivity contribution in [1.29, 1.82) is 0 Å². The van der Waals surface area contributed by atoms with Crippen molar-refractivity contribution in [2.45, 2.75) is 32.7 Å². The molecule has 1 aromatic heterocycles. The summed E-state index contributed by atoms with van der Waals surface area (Å²) in [6.07, 6.45) is 1.52. The van der Waals surface area contributed by atoms with Crippen LogP contribution in [0, 0.1) is 0 Å². The summed E-state index contributed by atoms with van der Waals surface area (Å²) in [6, 6.07) is 0.241. The predicted molar refractivity (Wildman–Crippen MR) is 56.7 cm³/mol. The van der Waals surface area contributed by atoms with E-state index in [1.165, 1.54) is 0 Å². The van der Waals surface area contributed by atoms with E-state index in [2.05, 4.69) is 22.4 Å². The van der Waals surface area contributed by atoms with E-state index in [1.807, 2.05) is 6.92 Å². The zero-order chi connectivity index (χ0) is 11.1. The van der Waals surface area contributed by atoms with Crippen LogP contribution in [0.5, 0.6) is 0 Å². The van der Waals surface area contributed by atoms with Gasteiger partial charge in [0.1, 0.15) is 0 Å². The van der Waals surface area contributed by atoms with Crippen LogP contribution < -0.4 is 5.32 Å². The van der Waals surface area contributed by atoms with E-state index in [9.17, 15) is 0 Å². The summed E-state index contributed by atoms with van der Waals surface area (Å²) >= 11 is 0. The third-order valence-corrected chi connectivity index (χ3v) is 2.11. The molecule has 15 heavy (non-hydrogen) atoms. The van der Waals surface area contributed by atoms with Gasteiger partial charge in [-0.15, -0.1) is 0 Å². The molecule has 86 valence electrons. The van der Waals surface area contributed by atoms with Gasteiger partial charge in [-0.2, -0.15) is 4.98 Å². The molecule has 0 aliphatic carbocycles. The summed E-state index contributed by atoms with van der Waals surface area (Å²) in [5.41, 5.74) is 0. The smallest absolute Gasteiger partial charge is 0.228 e. The van der Waals surface area contributed by atoms with Gasteiger partial charge in [0.2, 0.25) is 5.89 Å². The number of rotatable bonds is 7. The zero-order valence-electron chi connectivity index (χ0n) is 9.62. The molecule has 0 amide bonds. The Morgan fingerprint density at radius 1 is 1.47 bits per heavy atom. The van der Waals surface area contributed by atoms with Crippen molar-refractivity contribution in [2.75, 3.05) is 20.3 Å². The predicted octanol–water partition coefficient (Wildman–Crippen LogP) is 0.799. The van der Waals surface area contributed by atoms with Gasteiger partial charge in [-0.05, 0) is 6.54 Å². The summed E-state index contributed by atoms with van der Waals surface area (Å²) in [5, 5.41) is 7.16. The highest BCUT2D eigenvalue weighted by molar-refractivity contribution is 4.89. The fourth-order valence-electron chi connectivity index (χ4n) is 1.41. The molecule has 1 heterocycles. The number of methoxy groups -OCH3 is 1. The van der Waals surface area contributed by atoms with Crippen LogP contribution in [0.25, 0.3) is 0 Å². The molecule has 0 radical (unpaired) electrons. The molecule has 1 N–H and O–H groups in total. The number of likely N-dealkylation sites (N-methyl/N-ethyl adjacent to an activating group) is 1. The molecule has 5 nitrogen and oxygen atoms in total. The second kappa shape index (κ2) is 6.53. The summed E-state index contributed by atoms with van der Waals surface area (Å²) in [6.45, 7) is 5.62. The fraction of sp³-hybridized carbons (Fsp3) is 0.800. The summed E-state index contributed by atoms with van der Waals surface area (Å²) in [5.74, 6) is 1.44. The van der Waals surface area contributed by atoms with Crippen LogP contribution in [-0.2, 0) is 17.6 Å². The van der Waals surface area contributed by atoms with E-state index < -0.39 is 0 Å². The van der Waals surface area contributed by atoms with E-state index in [0.29, 0.717) is 18.9 Å². The molecule has 0 aromatic carbocycles. The minimum absolute atomic E-state index is 0.241. The molecule has 5 heteroatoms. The Morgan fingerprint density at radius 3 is 2.80 bits per heavy atom. The summed E-state index contributed by atoms with van der Waals surface area (Å²) in [7, 11) is 1.69. The Bertz CT molecular complexity index is 269. The highest BCUT2D eigenvalue weighted by Crippen LogP contribution is 2.02. The lowest BCUT2D eigenvalue weighted by Gasteiger charge is -2.14. The molecular formula is C10H19N3O2. The average molecular weight is 213 g/mol. The summed E-state index contributed by atoms with van der Waals surface area (Å²) < 4.78 is 10.2. The Hall–Kier alpha value is -0.940. The zero-order valence-corrected chi connectivity index (χ0v) is 9.62. The van der Waals surface area contributed by atoms with Crippen LogP contribution in [0.4, 0.5) is 0 Å². The number of hydrogen-bond acceptors (Lipinski definition) is 5. The van der Waals surface area contributed by atoms with Crippen LogP contribution in [0.1, 0.15) is 25.6 Å². The maximum Gasteiger partial charge on any atom is 0.228 e. The van der Waals surface area contributed by atoms with Gasteiger partial charge in [0.05, 0.1) is 6.61 Å². The van der Waals surface area contributed by atoms with Crippen molar-refractivity contribution < 1.29 is 9.26 Å². The highest BCUT2D eigenvalue weighted by Gasteiger charge is 2.12. The lowest BCUT2D eigenvalue weighted by Crippen LogP contribution is -2.35. The highest BCUT2D eigenvalue weighted by atomic mass is 16.5. The van der Waals surface area contributed by atoms with Crippen molar-refractivity contribution in [3.63, 3.8) is 0 Å². The first-order valence-electron chi connectivity index (χ1n) is 5.33. The number of nitrogens with zero attached hydrogens (tertiary/aromatic N) is 2. The molecule has 0 saturated heterocycles. The Morgan fingerprint density at radius 2 is 2.27 bits per heavy atom. The van der Waals surface area contributed by atoms with Gasteiger partial charge >= 0.3 is 0 Å². The van der Waals surface area contributed by atoms with Gasteiger partial charge in [-0.25, -0.2) is 0 Å². The number of nitrogens with one attached hydrogen (secondary N) is 1. The first kappa shape index (κ1) is 12.1. The molecule has 1 aromatic rings. The minimum atomic E-state index is 0.241. The average Bonchev–Trinajstić information content (AvgIpc) is 2.66. The maximum atomic E-state index is 5.12. The number of ether oxygens (including phenoxy) is 1. The fourth-order valence-corrected chi connectivity index (χ4v) is 1.41. The molecule has 0 bridgehead atoms. The molecule has 0 aliphatic rings. The Balaban J connectivity index is 2.48. The largest absolute Gasteiger partial charge is 0.383 e. The molecule has 0 aliphatic heterocycles. The van der Waals surface area contributed by atoms with Crippen molar-refractivity contribution in [3.8, 4) is 0 Å². The number of aromatic nitrogens is 2. The van der Waals surface area contributed by atoms with Crippen molar-refractivity contribution >= 4 is 0 Å². The molecule has 0 spiro atoms. The minimum Gasteiger partial charge on any atom is -0.383 e. The Labute approximate surface area is 90.2 Å². The van der Waals surface area contributed by atoms with Crippen LogP contribution in [0.15, 0.2) is 4.52 Å². The van der Waals surface area contributed by atoms with Gasteiger partial charge in [0.25, 0.3) is 0 Å². The lowest BCUT2D eigenvalue weighted by molar-refractivity contribution is 0.162. The van der Waals surface area contributed by atoms with E-state index in [4.69, 9.17) is 9.26 Å². The van der Waals surface area contributed by atoms with Crippen LogP contribution >= 0.6 is 0 Å². The second-order valence-corrected chi connectivity index (χ2v) is 3.37. The Kier molecular flexibility index (Phi) is 5.28. The molecule has 1 atom stereocenters. The van der Waals surface area contributed by atoms with E-state index in [-0.39, 0.29) is 6.04 Å². The third-order valence-electron chi connectivity index (χ3n) is 2.11. The van der Waals surface area contributed by atoms with Gasteiger partial charge < -0.3 is 14.6 Å². The maximum absolute atomic E-state index is 5.12. The molecule has 1 unspecified atom stereocenters. The van der Waals surface area contributed by atoms with Crippen molar-refractivity contribution in [3.05, 3.63) is 11.7 Å². The standard InChI is InChI=1S/C10H19N3O2/c1-4-9-12-10(15-13-9)6-8(7-14-3)11-5-2/h8,11H,4-7H2,1-3H3. The van der Waals surface area contributed by atoms with Crippen molar-refractivity contribution in [1.82, 2.24) is 15.5 Å². The second-order valence-electron chi connectivity index (χ2n) is 3.37. The van der Waals surface area contributed by atoms with Crippen LogP contribution in [0.2, 0.25) is 0 Å². The monoisotopic (exact) mass is 213 g/mol. The van der Waals surface area contributed by atoms with Crippen LogP contribution in [-0.4, -0.2) is 36.4 Å². The van der Waals surface area contributed by atoms with Gasteiger partial charge in [0, 0.05) is 26.0 Å². The molecular weight excluding hydrogens is 194 g/mol. The normalized spacial score (nSPS) is 13.0. The van der Waals surface area contributed by atoms with Gasteiger partial charge in [-0.1, -0.05) is 19.0 Å². The third kappa shape index (κ3) is 3.97. The van der Waals surface area contributed by atoms with Crippen LogP contribution in [0.3, 0.4) is 0 Å². The number of hydrogen-bond donors (Lipinski definition) is 1. The molecule has 1 rings (SSSR count). The quantitative estimate of drug-likeness (QED) is 0.726. The first-order chi connectivity index (χ1) is 7.30. The number of aryl methyl sites for hydroxylation is 1. The first-order valence-corrected chi connectivity index (χ1v) is 5.33. The summed E-state index contributed by atoms with van der Waals surface area (Å²) in [4.78, 5) is 4.26. The van der Waals surface area contributed by atoms with Gasteiger partial charge in [0.15, 0.2) is 5.82 Å². The topological polar surface area (TPSA) is 60.2 Å². The van der Waals surface area contributed by atoms with E-state index >= 15 is 0 Å². The molecule has 0 saturated carbocycles. The lowest BCUT2D eigenvalue weighted by atomic mass is 10.2.